The van der Waals surface area contributed by atoms with Gasteiger partial charge in [-0.2, -0.15) is 0 Å². The Hall–Kier alpha value is -1.84. The summed E-state index contributed by atoms with van der Waals surface area (Å²) in [6.07, 6.45) is -0.705. The first-order valence-corrected chi connectivity index (χ1v) is 8.54. The highest BCUT2D eigenvalue weighted by Gasteiger charge is 2.65. The third kappa shape index (κ3) is 5.99. The van der Waals surface area contributed by atoms with E-state index in [-0.39, 0.29) is 12.1 Å². The zero-order valence-corrected chi connectivity index (χ0v) is 14.2. The van der Waals surface area contributed by atoms with Crippen molar-refractivity contribution in [3.63, 3.8) is 0 Å². The van der Waals surface area contributed by atoms with Gasteiger partial charge in [-0.05, 0) is 44.5 Å². The Morgan fingerprint density at radius 3 is 2.00 bits per heavy atom. The zero-order chi connectivity index (χ0) is 19.0. The van der Waals surface area contributed by atoms with Crippen LogP contribution >= 0.6 is 10.2 Å². The normalized spacial score (nSPS) is 15.2. The van der Waals surface area contributed by atoms with Gasteiger partial charge in [0.2, 0.25) is 0 Å². The Labute approximate surface area is 135 Å². The predicted molar refractivity (Wildman–Crippen MR) is 78.7 cm³/mol. The van der Waals surface area contributed by atoms with Gasteiger partial charge in [0.05, 0.1) is 19.1 Å². The number of ether oxygens (including phenoxy) is 2. The van der Waals surface area contributed by atoms with Crippen molar-refractivity contribution in [2.45, 2.75) is 37.7 Å². The van der Waals surface area contributed by atoms with Crippen LogP contribution in [0.25, 0.3) is 0 Å². The molecule has 138 valence electrons. The first kappa shape index (κ1) is 20.2. The summed E-state index contributed by atoms with van der Waals surface area (Å²) >= 11 is 0. The van der Waals surface area contributed by atoms with E-state index in [2.05, 4.69) is 4.74 Å². The Morgan fingerprint density at radius 1 is 1.04 bits per heavy atom. The van der Waals surface area contributed by atoms with E-state index >= 15 is 0 Å². The van der Waals surface area contributed by atoms with Crippen LogP contribution in [0.2, 0.25) is 0 Å². The predicted octanol–water partition coefficient (Wildman–Crippen LogP) is 5.01. The maximum absolute atomic E-state index is 13.0. The van der Waals surface area contributed by atoms with Crippen LogP contribution in [0, 0.1) is 0 Å². The maximum atomic E-state index is 13.0. The number of halogens is 5. The van der Waals surface area contributed by atoms with Crippen molar-refractivity contribution in [1.29, 1.82) is 0 Å². The molecule has 0 heterocycles. The maximum Gasteiger partial charge on any atom is 0.337 e. The summed E-state index contributed by atoms with van der Waals surface area (Å²) in [5.74, 6) is -2.15. The molecular weight excluding hydrogens is 359 g/mol. The summed E-state index contributed by atoms with van der Waals surface area (Å²) < 4.78 is 74.3. The molecule has 0 saturated carbocycles. The van der Waals surface area contributed by atoms with Crippen LogP contribution in [0.3, 0.4) is 0 Å². The number of hydrogen-bond acceptors (Lipinski definition) is 4. The van der Waals surface area contributed by atoms with E-state index in [4.69, 9.17) is 4.74 Å². The molecule has 0 aliphatic heterocycles. The van der Waals surface area contributed by atoms with Crippen molar-refractivity contribution < 1.29 is 38.5 Å². The number of rotatable bonds is 4. The lowest BCUT2D eigenvalue weighted by Crippen LogP contribution is -2.25. The van der Waals surface area contributed by atoms with Crippen LogP contribution in [0.4, 0.5) is 19.4 Å². The first-order chi connectivity index (χ1) is 10.4. The van der Waals surface area contributed by atoms with Gasteiger partial charge in [-0.15, -0.1) is 0 Å². The summed E-state index contributed by atoms with van der Waals surface area (Å²) in [4.78, 5) is 20.9. The molecule has 0 unspecified atom stereocenters. The van der Waals surface area contributed by atoms with E-state index in [1.807, 2.05) is 0 Å². The number of carbonyl (C=O) groups is 2. The average Bonchev–Trinajstić information content (AvgIpc) is 2.32. The van der Waals surface area contributed by atoms with Gasteiger partial charge in [-0.25, -0.2) is 4.79 Å². The minimum atomic E-state index is -10.0. The Kier molecular flexibility index (Phi) is 4.49. The van der Waals surface area contributed by atoms with Gasteiger partial charge in [0.25, 0.3) is 0 Å². The molecule has 0 fully saturated rings. The fourth-order valence-electron chi connectivity index (χ4n) is 1.77. The Morgan fingerprint density at radius 2 is 1.58 bits per heavy atom. The number of benzene rings is 1. The van der Waals surface area contributed by atoms with E-state index < -0.39 is 50.2 Å². The van der Waals surface area contributed by atoms with Crippen LogP contribution < -0.4 is 0 Å². The smallest absolute Gasteiger partial charge is 0.337 e. The lowest BCUT2D eigenvalue weighted by atomic mass is 10.1. The molecule has 24 heavy (non-hydrogen) atoms. The molecule has 1 rings (SSSR count). The van der Waals surface area contributed by atoms with Crippen LogP contribution in [0.5, 0.6) is 0 Å². The molecular formula is C14H17F5O4S. The van der Waals surface area contributed by atoms with Crippen molar-refractivity contribution in [2.75, 3.05) is 7.11 Å². The monoisotopic (exact) mass is 376 g/mol. The van der Waals surface area contributed by atoms with Gasteiger partial charge in [0, 0.05) is 0 Å². The lowest BCUT2D eigenvalue weighted by molar-refractivity contribution is -0.153. The summed E-state index contributed by atoms with van der Waals surface area (Å²) in [7, 11) is -9.14. The van der Waals surface area contributed by atoms with Gasteiger partial charge >= 0.3 is 22.2 Å². The molecule has 0 radical (unpaired) electrons. The average molecular weight is 376 g/mol. The van der Waals surface area contributed by atoms with Gasteiger partial charge in [-0.1, -0.05) is 19.4 Å². The standard InChI is InChI=1S/C14H17F5O4S/c1-14(2,3)23-12(20)7-9-5-10(13(21)22-4)8-11(6-9)24(15,16,17,18)19/h5-6,8H,7H2,1-4H3. The summed E-state index contributed by atoms with van der Waals surface area (Å²) in [6.45, 7) is 4.61. The molecule has 10 heteroatoms. The third-order valence-corrected chi connectivity index (χ3v) is 3.73. The molecule has 0 amide bonds. The quantitative estimate of drug-likeness (QED) is 0.547. The van der Waals surface area contributed by atoms with Crippen molar-refractivity contribution in [3.05, 3.63) is 29.3 Å². The Balaban J connectivity index is 3.37. The van der Waals surface area contributed by atoms with Gasteiger partial charge < -0.3 is 9.47 Å². The van der Waals surface area contributed by atoms with Crippen molar-refractivity contribution in [2.24, 2.45) is 0 Å². The molecule has 1 aromatic carbocycles. The van der Waals surface area contributed by atoms with Gasteiger partial charge in [0.15, 0.2) is 0 Å². The van der Waals surface area contributed by atoms with Crippen molar-refractivity contribution in [3.8, 4) is 0 Å². The van der Waals surface area contributed by atoms with Crippen LogP contribution in [-0.2, 0) is 20.7 Å². The largest absolute Gasteiger partial charge is 0.465 e. The lowest BCUT2D eigenvalue weighted by Gasteiger charge is -2.40. The summed E-state index contributed by atoms with van der Waals surface area (Å²) in [6, 6.07) is 1.02. The van der Waals surface area contributed by atoms with Gasteiger partial charge in [-0.3, -0.25) is 4.79 Å². The van der Waals surface area contributed by atoms with E-state index in [0.29, 0.717) is 0 Å². The number of esters is 2. The molecule has 0 N–H and O–H groups in total. The summed E-state index contributed by atoms with van der Waals surface area (Å²) in [5.41, 5.74) is -2.07. The third-order valence-electron chi connectivity index (χ3n) is 2.60. The topological polar surface area (TPSA) is 52.6 Å². The molecule has 0 saturated heterocycles. The fourth-order valence-corrected chi connectivity index (χ4v) is 2.49. The van der Waals surface area contributed by atoms with Crippen molar-refractivity contribution in [1.82, 2.24) is 0 Å². The SMILES string of the molecule is COC(=O)c1cc(CC(=O)OC(C)(C)C)cc(S(F)(F)(F)(F)F)c1. The Bertz CT molecular complexity index is 677. The highest BCUT2D eigenvalue weighted by Crippen LogP contribution is 3.02. The minimum Gasteiger partial charge on any atom is -0.465 e. The number of methoxy groups -OCH3 is 1. The second kappa shape index (κ2) is 5.33. The highest BCUT2D eigenvalue weighted by molar-refractivity contribution is 8.45. The van der Waals surface area contributed by atoms with Gasteiger partial charge in [0.1, 0.15) is 10.5 Å². The van der Waals surface area contributed by atoms with Crippen LogP contribution in [0.1, 0.15) is 36.7 Å². The van der Waals surface area contributed by atoms with Crippen LogP contribution in [-0.4, -0.2) is 24.6 Å². The molecule has 0 spiro atoms. The molecule has 0 bridgehead atoms. The number of carbonyl (C=O) groups excluding carboxylic acids is 2. The summed E-state index contributed by atoms with van der Waals surface area (Å²) in [5, 5.41) is 0. The van der Waals surface area contributed by atoms with Crippen molar-refractivity contribution >= 4 is 22.2 Å². The molecule has 1 aromatic rings. The first-order valence-electron chi connectivity index (χ1n) is 6.59. The van der Waals surface area contributed by atoms with E-state index in [0.717, 1.165) is 13.2 Å². The van der Waals surface area contributed by atoms with E-state index in [1.165, 1.54) is 20.8 Å². The fraction of sp³-hybridized carbons (Fsp3) is 0.429. The second-order valence-electron chi connectivity index (χ2n) is 6.09. The molecule has 0 aliphatic rings. The molecule has 0 aromatic heterocycles. The van der Waals surface area contributed by atoms with E-state index in [1.54, 1.807) is 0 Å². The van der Waals surface area contributed by atoms with E-state index in [9.17, 15) is 29.0 Å². The zero-order valence-electron chi connectivity index (χ0n) is 13.4. The minimum absolute atomic E-state index is 0.00593. The second-order valence-corrected chi connectivity index (χ2v) is 8.50. The molecule has 4 nitrogen and oxygen atoms in total. The molecule has 0 atom stereocenters. The highest BCUT2D eigenvalue weighted by atomic mass is 32.5. The number of hydrogen-bond donors (Lipinski definition) is 0. The van der Waals surface area contributed by atoms with Crippen LogP contribution in [0.15, 0.2) is 23.1 Å². The molecule has 0 aliphatic carbocycles.